The lowest BCUT2D eigenvalue weighted by molar-refractivity contribution is 0.0746. The number of carbonyl (C=O) groups is 1. The number of fused-ring (bicyclic) bond motifs is 1. The summed E-state index contributed by atoms with van der Waals surface area (Å²) in [6.45, 7) is 2.77. The van der Waals surface area contributed by atoms with Gasteiger partial charge in [-0.3, -0.25) is 4.79 Å². The molecule has 4 heterocycles. The zero-order valence-electron chi connectivity index (χ0n) is 16.9. The van der Waals surface area contributed by atoms with Crippen LogP contribution in [0.15, 0.2) is 47.4 Å². The highest BCUT2D eigenvalue weighted by Gasteiger charge is 2.30. The number of amides is 1. The van der Waals surface area contributed by atoms with E-state index in [0.717, 1.165) is 54.2 Å². The molecule has 9 nitrogen and oxygen atoms in total. The third kappa shape index (κ3) is 3.41. The third-order valence-electron chi connectivity index (χ3n) is 5.93. The molecule has 1 aliphatic heterocycles. The molecule has 0 radical (unpaired) electrons. The fourth-order valence-electron chi connectivity index (χ4n) is 3.94. The predicted molar refractivity (Wildman–Crippen MR) is 114 cm³/mol. The van der Waals surface area contributed by atoms with E-state index in [9.17, 15) is 4.79 Å². The van der Waals surface area contributed by atoms with Gasteiger partial charge in [0.05, 0.1) is 17.4 Å². The average molecular weight is 415 g/mol. The van der Waals surface area contributed by atoms with Gasteiger partial charge in [-0.25, -0.2) is 9.97 Å². The van der Waals surface area contributed by atoms with Crippen LogP contribution in [0.4, 0.5) is 5.82 Å². The van der Waals surface area contributed by atoms with E-state index in [0.29, 0.717) is 30.4 Å². The normalized spacial score (nSPS) is 16.8. The van der Waals surface area contributed by atoms with Gasteiger partial charge >= 0.3 is 0 Å². The summed E-state index contributed by atoms with van der Waals surface area (Å²) in [4.78, 5) is 33.3. The van der Waals surface area contributed by atoms with Gasteiger partial charge in [0.15, 0.2) is 0 Å². The number of aromatic amines is 1. The largest absolute Gasteiger partial charge is 0.353 e. The van der Waals surface area contributed by atoms with Crippen LogP contribution in [0, 0.1) is 0 Å². The molecule has 1 aromatic carbocycles. The Morgan fingerprint density at radius 3 is 2.71 bits per heavy atom. The number of rotatable bonds is 4. The van der Waals surface area contributed by atoms with E-state index >= 15 is 0 Å². The Morgan fingerprint density at radius 1 is 1.06 bits per heavy atom. The van der Waals surface area contributed by atoms with Crippen LogP contribution in [0.1, 0.15) is 35.0 Å². The first kappa shape index (κ1) is 18.1. The van der Waals surface area contributed by atoms with Crippen molar-refractivity contribution in [3.63, 3.8) is 0 Å². The Kier molecular flexibility index (Phi) is 4.19. The van der Waals surface area contributed by atoms with Crippen molar-refractivity contribution in [2.24, 2.45) is 0 Å². The van der Waals surface area contributed by atoms with Gasteiger partial charge in [-0.2, -0.15) is 4.98 Å². The van der Waals surface area contributed by atoms with E-state index in [2.05, 4.69) is 30.0 Å². The van der Waals surface area contributed by atoms with Crippen LogP contribution in [0.3, 0.4) is 0 Å². The molecule has 0 spiro atoms. The Hall–Kier alpha value is -3.75. The lowest BCUT2D eigenvalue weighted by Crippen LogP contribution is -2.49. The number of anilines is 1. The molecule has 1 aliphatic carbocycles. The summed E-state index contributed by atoms with van der Waals surface area (Å²) < 4.78 is 5.34. The Morgan fingerprint density at radius 2 is 1.94 bits per heavy atom. The van der Waals surface area contributed by atoms with Gasteiger partial charge in [0.1, 0.15) is 5.82 Å². The molecule has 156 valence electrons. The zero-order chi connectivity index (χ0) is 20.8. The number of aromatic nitrogens is 5. The minimum absolute atomic E-state index is 0.0445. The molecule has 3 aromatic heterocycles. The summed E-state index contributed by atoms with van der Waals surface area (Å²) >= 11 is 0. The van der Waals surface area contributed by atoms with Crippen molar-refractivity contribution in [1.29, 1.82) is 0 Å². The van der Waals surface area contributed by atoms with Crippen molar-refractivity contribution < 1.29 is 9.32 Å². The highest BCUT2D eigenvalue weighted by atomic mass is 16.5. The van der Waals surface area contributed by atoms with Crippen LogP contribution in [-0.4, -0.2) is 62.1 Å². The molecular formula is C22H21N7O2. The summed E-state index contributed by atoms with van der Waals surface area (Å²) in [6, 6.07) is 9.53. The maximum absolute atomic E-state index is 12.9. The summed E-state index contributed by atoms with van der Waals surface area (Å²) in [5, 5.41) is 4.07. The first-order valence-corrected chi connectivity index (χ1v) is 10.5. The molecule has 4 aromatic rings. The van der Waals surface area contributed by atoms with E-state index in [4.69, 9.17) is 4.52 Å². The number of hydrogen-bond donors (Lipinski definition) is 1. The summed E-state index contributed by atoms with van der Waals surface area (Å²) in [7, 11) is 0. The minimum Gasteiger partial charge on any atom is -0.353 e. The standard InChI is InChI=1S/C22H21N7O2/c30-22(15-3-5-17-18(11-15)25-13-24-17)29-9-7-28(8-10-29)19-6-4-16(12-23-19)20-26-21(31-27-20)14-1-2-14/h3-6,11-14H,1-2,7-10H2,(H,24,25). The summed E-state index contributed by atoms with van der Waals surface area (Å²) in [5.74, 6) is 2.69. The Labute approximate surface area is 178 Å². The monoisotopic (exact) mass is 415 g/mol. The fourth-order valence-corrected chi connectivity index (χ4v) is 3.94. The van der Waals surface area contributed by atoms with Gasteiger partial charge < -0.3 is 19.3 Å². The van der Waals surface area contributed by atoms with Crippen LogP contribution in [0.25, 0.3) is 22.4 Å². The Bertz CT molecular complexity index is 1230. The molecular weight excluding hydrogens is 394 g/mol. The van der Waals surface area contributed by atoms with Gasteiger partial charge in [-0.05, 0) is 43.2 Å². The SMILES string of the molecule is O=C(c1ccc2nc[nH]c2c1)N1CCN(c2ccc(-c3noc(C4CC4)n3)cn2)CC1. The molecule has 1 N–H and O–H groups in total. The van der Waals surface area contributed by atoms with Crippen LogP contribution in [0.2, 0.25) is 0 Å². The van der Waals surface area contributed by atoms with Gasteiger partial charge in [-0.15, -0.1) is 0 Å². The van der Waals surface area contributed by atoms with Crippen LogP contribution in [0.5, 0.6) is 0 Å². The van der Waals surface area contributed by atoms with Crippen molar-refractivity contribution in [2.75, 3.05) is 31.1 Å². The van der Waals surface area contributed by atoms with Gasteiger partial charge in [0, 0.05) is 49.4 Å². The number of imidazole rings is 1. The second-order valence-corrected chi connectivity index (χ2v) is 8.05. The smallest absolute Gasteiger partial charge is 0.254 e. The lowest BCUT2D eigenvalue weighted by Gasteiger charge is -2.35. The molecule has 2 fully saturated rings. The van der Waals surface area contributed by atoms with Crippen LogP contribution < -0.4 is 4.90 Å². The van der Waals surface area contributed by atoms with Crippen molar-refractivity contribution in [2.45, 2.75) is 18.8 Å². The number of carbonyl (C=O) groups excluding carboxylic acids is 1. The number of H-pyrrole nitrogens is 1. The second kappa shape index (κ2) is 7.19. The van der Waals surface area contributed by atoms with Crippen molar-refractivity contribution in [1.82, 2.24) is 30.0 Å². The van der Waals surface area contributed by atoms with Crippen LogP contribution in [-0.2, 0) is 0 Å². The maximum atomic E-state index is 12.9. The quantitative estimate of drug-likeness (QED) is 0.546. The summed E-state index contributed by atoms with van der Waals surface area (Å²) in [5.41, 5.74) is 3.26. The van der Waals surface area contributed by atoms with E-state index in [1.54, 1.807) is 12.5 Å². The first-order valence-electron chi connectivity index (χ1n) is 10.5. The minimum atomic E-state index is 0.0445. The number of benzene rings is 1. The zero-order valence-corrected chi connectivity index (χ0v) is 16.9. The fraction of sp³-hybridized carbons (Fsp3) is 0.318. The second-order valence-electron chi connectivity index (χ2n) is 8.05. The molecule has 0 atom stereocenters. The molecule has 6 rings (SSSR count). The summed E-state index contributed by atoms with van der Waals surface area (Å²) in [6.07, 6.45) is 5.69. The molecule has 2 aliphatic rings. The topological polar surface area (TPSA) is 104 Å². The number of nitrogens with one attached hydrogen (secondary N) is 1. The van der Waals surface area contributed by atoms with E-state index in [-0.39, 0.29) is 5.91 Å². The predicted octanol–water partition coefficient (Wildman–Crippen LogP) is 2.85. The highest BCUT2D eigenvalue weighted by Crippen LogP contribution is 2.39. The molecule has 1 saturated heterocycles. The molecule has 31 heavy (non-hydrogen) atoms. The molecule has 0 unspecified atom stereocenters. The van der Waals surface area contributed by atoms with Gasteiger partial charge in [0.2, 0.25) is 11.7 Å². The van der Waals surface area contributed by atoms with E-state index < -0.39 is 0 Å². The Balaban J connectivity index is 1.10. The highest BCUT2D eigenvalue weighted by molar-refractivity contribution is 5.97. The lowest BCUT2D eigenvalue weighted by atomic mass is 10.1. The van der Waals surface area contributed by atoms with Crippen molar-refractivity contribution >= 4 is 22.8 Å². The number of piperazine rings is 1. The molecule has 9 heteroatoms. The van der Waals surface area contributed by atoms with Crippen molar-refractivity contribution in [3.8, 4) is 11.4 Å². The first-order chi connectivity index (χ1) is 15.2. The van der Waals surface area contributed by atoms with E-state index in [1.807, 2.05) is 35.2 Å². The average Bonchev–Trinajstić information content (AvgIpc) is 3.36. The van der Waals surface area contributed by atoms with Gasteiger partial charge in [0.25, 0.3) is 5.91 Å². The van der Waals surface area contributed by atoms with Crippen LogP contribution >= 0.6 is 0 Å². The van der Waals surface area contributed by atoms with Gasteiger partial charge in [-0.1, -0.05) is 5.16 Å². The maximum Gasteiger partial charge on any atom is 0.254 e. The van der Waals surface area contributed by atoms with E-state index in [1.165, 1.54) is 0 Å². The van der Waals surface area contributed by atoms with Crippen molar-refractivity contribution in [3.05, 3.63) is 54.3 Å². The molecule has 0 bridgehead atoms. The molecule has 1 amide bonds. The molecule has 1 saturated carbocycles. The number of pyridine rings is 1. The third-order valence-corrected chi connectivity index (χ3v) is 5.93. The number of nitrogens with zero attached hydrogens (tertiary/aromatic N) is 6. The number of hydrogen-bond acceptors (Lipinski definition) is 7.